The van der Waals surface area contributed by atoms with E-state index in [0.29, 0.717) is 18.2 Å². The van der Waals surface area contributed by atoms with Crippen molar-refractivity contribution in [3.05, 3.63) is 29.7 Å². The number of hydrogen-bond acceptors (Lipinski definition) is 5. The molecule has 1 amide bonds. The van der Waals surface area contributed by atoms with E-state index in [9.17, 15) is 4.79 Å². The first-order valence-electron chi connectivity index (χ1n) is 6.80. The molecule has 1 saturated heterocycles. The molecule has 1 aliphatic heterocycles. The van der Waals surface area contributed by atoms with Gasteiger partial charge in [-0.1, -0.05) is 0 Å². The zero-order valence-corrected chi connectivity index (χ0v) is 14.4. The highest BCUT2D eigenvalue weighted by atomic mass is 35.5. The van der Waals surface area contributed by atoms with Gasteiger partial charge in [-0.05, 0) is 37.9 Å². The molecule has 0 radical (unpaired) electrons. The van der Waals surface area contributed by atoms with Crippen LogP contribution in [0.4, 0.5) is 0 Å². The fraction of sp³-hybridized carbons (Fsp3) is 0.429. The van der Waals surface area contributed by atoms with Crippen LogP contribution in [0.2, 0.25) is 0 Å². The summed E-state index contributed by atoms with van der Waals surface area (Å²) in [7, 11) is 0. The molecule has 2 aromatic heterocycles. The molecule has 3 heterocycles. The average Bonchev–Trinajstić information content (AvgIpc) is 3.20. The second kappa shape index (κ2) is 9.15. The normalized spacial score (nSPS) is 16.6. The number of furan rings is 1. The van der Waals surface area contributed by atoms with Crippen LogP contribution in [-0.2, 0) is 0 Å². The van der Waals surface area contributed by atoms with Crippen molar-refractivity contribution in [1.29, 1.82) is 0 Å². The molecule has 2 aromatic rings. The lowest BCUT2D eigenvalue weighted by Crippen LogP contribution is -2.26. The molecule has 3 rings (SSSR count). The van der Waals surface area contributed by atoms with Crippen LogP contribution >= 0.6 is 36.2 Å². The van der Waals surface area contributed by atoms with Gasteiger partial charge in [-0.15, -0.1) is 36.2 Å². The largest absolute Gasteiger partial charge is 0.472 e. The lowest BCUT2D eigenvalue weighted by Gasteiger charge is -2.08. The number of halogens is 2. The number of amides is 1. The van der Waals surface area contributed by atoms with E-state index in [-0.39, 0.29) is 30.7 Å². The fourth-order valence-corrected chi connectivity index (χ4v) is 3.12. The zero-order valence-electron chi connectivity index (χ0n) is 11.9. The number of hydrogen-bond donors (Lipinski definition) is 2. The molecule has 1 atom stereocenters. The van der Waals surface area contributed by atoms with E-state index in [1.54, 1.807) is 17.9 Å². The summed E-state index contributed by atoms with van der Waals surface area (Å²) >= 11 is 1.45. The van der Waals surface area contributed by atoms with E-state index < -0.39 is 0 Å². The van der Waals surface area contributed by atoms with Gasteiger partial charge >= 0.3 is 0 Å². The van der Waals surface area contributed by atoms with Crippen LogP contribution < -0.4 is 10.6 Å². The van der Waals surface area contributed by atoms with Crippen molar-refractivity contribution < 1.29 is 9.21 Å². The van der Waals surface area contributed by atoms with Gasteiger partial charge in [0, 0.05) is 17.5 Å². The molecule has 122 valence electrons. The average molecular weight is 364 g/mol. The molecule has 5 nitrogen and oxygen atoms in total. The third-order valence-electron chi connectivity index (χ3n) is 3.51. The molecule has 0 saturated carbocycles. The SMILES string of the molecule is Cl.Cl.O=C(NCCC1CCNC1)c1csc(-c2ccoc2)n1. The van der Waals surface area contributed by atoms with Gasteiger partial charge in [0.05, 0.1) is 6.26 Å². The Morgan fingerprint density at radius 2 is 2.36 bits per heavy atom. The number of nitrogens with one attached hydrogen (secondary N) is 2. The molecule has 2 N–H and O–H groups in total. The van der Waals surface area contributed by atoms with Crippen molar-refractivity contribution in [2.24, 2.45) is 5.92 Å². The molecule has 1 fully saturated rings. The summed E-state index contributed by atoms with van der Waals surface area (Å²) in [5.41, 5.74) is 1.39. The summed E-state index contributed by atoms with van der Waals surface area (Å²) < 4.78 is 5.02. The zero-order chi connectivity index (χ0) is 13.8. The topological polar surface area (TPSA) is 67.2 Å². The Balaban J connectivity index is 0.00000121. The Morgan fingerprint density at radius 3 is 3.05 bits per heavy atom. The highest BCUT2D eigenvalue weighted by Gasteiger charge is 2.16. The maximum atomic E-state index is 12.0. The Labute approximate surface area is 145 Å². The quantitative estimate of drug-likeness (QED) is 0.856. The molecule has 22 heavy (non-hydrogen) atoms. The van der Waals surface area contributed by atoms with Gasteiger partial charge in [0.25, 0.3) is 5.91 Å². The van der Waals surface area contributed by atoms with Gasteiger partial charge in [0.1, 0.15) is 17.0 Å². The number of nitrogens with zero attached hydrogens (tertiary/aromatic N) is 1. The molecule has 1 aliphatic rings. The molecule has 8 heteroatoms. The minimum absolute atomic E-state index is 0. The van der Waals surface area contributed by atoms with Gasteiger partial charge < -0.3 is 15.1 Å². The van der Waals surface area contributed by atoms with Gasteiger partial charge in [-0.3, -0.25) is 4.79 Å². The second-order valence-corrected chi connectivity index (χ2v) is 5.81. The van der Waals surface area contributed by atoms with E-state index in [0.717, 1.165) is 30.1 Å². The Kier molecular flexibility index (Phi) is 7.89. The van der Waals surface area contributed by atoms with Gasteiger partial charge in [-0.25, -0.2) is 4.98 Å². The van der Waals surface area contributed by atoms with Gasteiger partial charge in [0.2, 0.25) is 0 Å². The van der Waals surface area contributed by atoms with Crippen LogP contribution in [0.15, 0.2) is 28.4 Å². The number of carbonyl (C=O) groups excluding carboxylic acids is 1. The molecule has 1 unspecified atom stereocenters. The van der Waals surface area contributed by atoms with Crippen LogP contribution in [0.25, 0.3) is 10.6 Å². The monoisotopic (exact) mass is 363 g/mol. The number of carbonyl (C=O) groups is 1. The molecule has 0 aliphatic carbocycles. The van der Waals surface area contributed by atoms with E-state index >= 15 is 0 Å². The van der Waals surface area contributed by atoms with Crippen molar-refractivity contribution in [2.45, 2.75) is 12.8 Å². The Morgan fingerprint density at radius 1 is 1.50 bits per heavy atom. The van der Waals surface area contributed by atoms with Crippen molar-refractivity contribution in [3.8, 4) is 10.6 Å². The summed E-state index contributed by atoms with van der Waals surface area (Å²) in [6, 6.07) is 1.84. The first-order valence-corrected chi connectivity index (χ1v) is 7.68. The van der Waals surface area contributed by atoms with E-state index in [1.165, 1.54) is 17.8 Å². The van der Waals surface area contributed by atoms with Crippen LogP contribution in [0.5, 0.6) is 0 Å². The fourth-order valence-electron chi connectivity index (χ4n) is 2.34. The third-order valence-corrected chi connectivity index (χ3v) is 4.40. The van der Waals surface area contributed by atoms with E-state index in [2.05, 4.69) is 15.6 Å². The molecule has 0 aromatic carbocycles. The van der Waals surface area contributed by atoms with Crippen molar-refractivity contribution >= 4 is 42.1 Å². The predicted octanol–water partition coefficient (Wildman–Crippen LogP) is 2.98. The Hall–Kier alpha value is -1.08. The maximum absolute atomic E-state index is 12.0. The van der Waals surface area contributed by atoms with Gasteiger partial charge in [0.15, 0.2) is 0 Å². The minimum Gasteiger partial charge on any atom is -0.472 e. The van der Waals surface area contributed by atoms with Crippen LogP contribution in [-0.4, -0.2) is 30.5 Å². The molecular weight excluding hydrogens is 345 g/mol. The summed E-state index contributed by atoms with van der Waals surface area (Å²) in [4.78, 5) is 16.3. The van der Waals surface area contributed by atoms with E-state index in [1.807, 2.05) is 6.07 Å². The summed E-state index contributed by atoms with van der Waals surface area (Å²) in [6.07, 6.45) is 5.47. The lowest BCUT2D eigenvalue weighted by molar-refractivity contribution is 0.0947. The summed E-state index contributed by atoms with van der Waals surface area (Å²) in [6.45, 7) is 2.87. The lowest BCUT2D eigenvalue weighted by atomic mass is 10.1. The first kappa shape index (κ1) is 19.0. The summed E-state index contributed by atoms with van der Waals surface area (Å²) in [5.74, 6) is 0.592. The smallest absolute Gasteiger partial charge is 0.270 e. The molecular formula is C14H19Cl2N3O2S. The number of rotatable bonds is 5. The van der Waals surface area contributed by atoms with Gasteiger partial charge in [-0.2, -0.15) is 0 Å². The highest BCUT2D eigenvalue weighted by molar-refractivity contribution is 7.13. The molecule has 0 bridgehead atoms. The van der Waals surface area contributed by atoms with Crippen LogP contribution in [0.1, 0.15) is 23.3 Å². The number of thiazole rings is 1. The third kappa shape index (κ3) is 4.71. The number of aromatic nitrogens is 1. The van der Waals surface area contributed by atoms with E-state index in [4.69, 9.17) is 4.42 Å². The van der Waals surface area contributed by atoms with Crippen molar-refractivity contribution in [1.82, 2.24) is 15.6 Å². The standard InChI is InChI=1S/C14H17N3O2S.2ClH/c18-13(16-5-2-10-1-4-15-7-10)12-9-20-14(17-12)11-3-6-19-8-11;;/h3,6,8-10,15H,1-2,4-5,7H2,(H,16,18);2*1H. The summed E-state index contributed by atoms with van der Waals surface area (Å²) in [5, 5.41) is 8.86. The maximum Gasteiger partial charge on any atom is 0.270 e. The van der Waals surface area contributed by atoms with Crippen molar-refractivity contribution in [3.63, 3.8) is 0 Å². The second-order valence-electron chi connectivity index (χ2n) is 4.95. The highest BCUT2D eigenvalue weighted by Crippen LogP contribution is 2.23. The molecule has 0 spiro atoms. The van der Waals surface area contributed by atoms with Crippen LogP contribution in [0.3, 0.4) is 0 Å². The first-order chi connectivity index (χ1) is 9.83. The minimum atomic E-state index is -0.0954. The predicted molar refractivity (Wildman–Crippen MR) is 92.2 cm³/mol. The van der Waals surface area contributed by atoms with Crippen molar-refractivity contribution in [2.75, 3.05) is 19.6 Å². The Bertz CT molecular complexity index is 568. The van der Waals surface area contributed by atoms with Crippen LogP contribution in [0, 0.1) is 5.92 Å².